The number of aromatic nitrogens is 1. The molecule has 2 rings (SSSR count). The second-order valence-electron chi connectivity index (χ2n) is 5.53. The third kappa shape index (κ3) is 2.98. The van der Waals surface area contributed by atoms with Gasteiger partial charge < -0.3 is 15.0 Å². The predicted octanol–water partition coefficient (Wildman–Crippen LogP) is 2.95. The molecule has 0 bridgehead atoms. The van der Waals surface area contributed by atoms with E-state index >= 15 is 0 Å². The van der Waals surface area contributed by atoms with E-state index in [1.807, 2.05) is 35.8 Å². The number of hydrogen-bond donors (Lipinski definition) is 2. The smallest absolute Gasteiger partial charge is 0.325 e. The van der Waals surface area contributed by atoms with Crippen LogP contribution in [0, 0.1) is 6.92 Å². The summed E-state index contributed by atoms with van der Waals surface area (Å²) >= 11 is 0. The summed E-state index contributed by atoms with van der Waals surface area (Å²) in [7, 11) is 0. The van der Waals surface area contributed by atoms with Gasteiger partial charge in [-0.1, -0.05) is 31.5 Å². The van der Waals surface area contributed by atoms with Gasteiger partial charge in [0.1, 0.15) is 11.7 Å². The summed E-state index contributed by atoms with van der Waals surface area (Å²) in [6, 6.07) is 6.97. The molecule has 1 aromatic heterocycles. The fraction of sp³-hybridized carbons (Fsp3) is 0.412. The summed E-state index contributed by atoms with van der Waals surface area (Å²) in [5, 5.41) is 12.6. The Hall–Kier alpha value is -2.30. The average Bonchev–Trinajstić information content (AvgIpc) is 2.78. The zero-order valence-electron chi connectivity index (χ0n) is 13.2. The van der Waals surface area contributed by atoms with Crippen molar-refractivity contribution in [1.82, 2.24) is 9.88 Å². The molecule has 1 aromatic carbocycles. The van der Waals surface area contributed by atoms with E-state index in [0.29, 0.717) is 5.69 Å². The number of hydrogen-bond acceptors (Lipinski definition) is 2. The summed E-state index contributed by atoms with van der Waals surface area (Å²) in [5.41, 5.74) is 2.46. The van der Waals surface area contributed by atoms with Crippen LogP contribution in [0.15, 0.2) is 24.3 Å². The van der Waals surface area contributed by atoms with Crippen molar-refractivity contribution < 1.29 is 14.7 Å². The first-order chi connectivity index (χ1) is 10.5. The van der Waals surface area contributed by atoms with Crippen LogP contribution in [-0.4, -0.2) is 27.6 Å². The minimum atomic E-state index is -1.04. The molecule has 1 unspecified atom stereocenters. The number of carbonyl (C=O) groups excluding carboxylic acids is 1. The molecule has 0 saturated heterocycles. The summed E-state index contributed by atoms with van der Waals surface area (Å²) in [6.07, 6.45) is 1.99. The molecule has 5 nitrogen and oxygen atoms in total. The third-order valence-corrected chi connectivity index (χ3v) is 3.89. The van der Waals surface area contributed by atoms with Gasteiger partial charge in [0, 0.05) is 17.4 Å². The van der Waals surface area contributed by atoms with Crippen LogP contribution in [0.1, 0.15) is 42.7 Å². The fourth-order valence-corrected chi connectivity index (χ4v) is 2.64. The topological polar surface area (TPSA) is 71.3 Å². The summed E-state index contributed by atoms with van der Waals surface area (Å²) < 4.78 is 2.00. The number of carboxylic acids is 1. The van der Waals surface area contributed by atoms with Gasteiger partial charge >= 0.3 is 5.97 Å². The van der Waals surface area contributed by atoms with Crippen molar-refractivity contribution in [3.63, 3.8) is 0 Å². The maximum atomic E-state index is 12.5. The van der Waals surface area contributed by atoms with E-state index in [0.717, 1.165) is 35.9 Å². The molecular formula is C17H22N2O3. The predicted molar refractivity (Wildman–Crippen MR) is 86.1 cm³/mol. The van der Waals surface area contributed by atoms with Gasteiger partial charge in [-0.25, -0.2) is 0 Å². The van der Waals surface area contributed by atoms with Crippen LogP contribution in [0.5, 0.6) is 0 Å². The number of benzene rings is 1. The molecule has 0 fully saturated rings. The molecule has 0 aliphatic heterocycles. The molecule has 2 aromatic rings. The summed E-state index contributed by atoms with van der Waals surface area (Å²) in [6.45, 7) is 6.22. The van der Waals surface area contributed by atoms with Crippen molar-refractivity contribution in [2.24, 2.45) is 0 Å². The first-order valence-electron chi connectivity index (χ1n) is 7.58. The standard InChI is InChI=1S/C17H22N2O3/c1-4-5-10-19-14-9-7-6-8-13(14)11(2)15(19)16(20)18-12(3)17(21)22/h6-9,12H,4-5,10H2,1-3H3,(H,18,20)(H,21,22). The lowest BCUT2D eigenvalue weighted by molar-refractivity contribution is -0.138. The Balaban J connectivity index is 2.48. The highest BCUT2D eigenvalue weighted by Gasteiger charge is 2.22. The van der Waals surface area contributed by atoms with Crippen molar-refractivity contribution in [3.05, 3.63) is 35.5 Å². The van der Waals surface area contributed by atoms with E-state index in [1.165, 1.54) is 6.92 Å². The van der Waals surface area contributed by atoms with E-state index < -0.39 is 12.0 Å². The van der Waals surface area contributed by atoms with Gasteiger partial charge in [-0.2, -0.15) is 0 Å². The van der Waals surface area contributed by atoms with Crippen LogP contribution in [0.4, 0.5) is 0 Å². The van der Waals surface area contributed by atoms with Gasteiger partial charge in [-0.05, 0) is 31.9 Å². The molecule has 5 heteroatoms. The van der Waals surface area contributed by atoms with Gasteiger partial charge in [-0.3, -0.25) is 9.59 Å². The number of nitrogens with zero attached hydrogens (tertiary/aromatic N) is 1. The van der Waals surface area contributed by atoms with Gasteiger partial charge in [0.05, 0.1) is 0 Å². The van der Waals surface area contributed by atoms with E-state index in [4.69, 9.17) is 5.11 Å². The number of amides is 1. The Bertz CT molecular complexity index is 703. The van der Waals surface area contributed by atoms with E-state index in [-0.39, 0.29) is 5.91 Å². The minimum Gasteiger partial charge on any atom is -0.480 e. The monoisotopic (exact) mass is 302 g/mol. The van der Waals surface area contributed by atoms with E-state index in [2.05, 4.69) is 12.2 Å². The van der Waals surface area contributed by atoms with Crippen LogP contribution in [0.25, 0.3) is 10.9 Å². The average molecular weight is 302 g/mol. The second-order valence-corrected chi connectivity index (χ2v) is 5.53. The highest BCUT2D eigenvalue weighted by Crippen LogP contribution is 2.26. The lowest BCUT2D eigenvalue weighted by Crippen LogP contribution is -2.39. The fourth-order valence-electron chi connectivity index (χ4n) is 2.64. The molecule has 2 N–H and O–H groups in total. The number of aliphatic carboxylic acids is 1. The maximum Gasteiger partial charge on any atom is 0.325 e. The molecule has 0 spiro atoms. The number of unbranched alkanes of at least 4 members (excludes halogenated alkanes) is 1. The van der Waals surface area contributed by atoms with Gasteiger partial charge in [0.2, 0.25) is 0 Å². The van der Waals surface area contributed by atoms with Crippen molar-refractivity contribution in [3.8, 4) is 0 Å². The number of carbonyl (C=O) groups is 2. The normalized spacial score (nSPS) is 12.3. The van der Waals surface area contributed by atoms with Crippen molar-refractivity contribution in [2.45, 2.75) is 46.2 Å². The molecule has 1 amide bonds. The lowest BCUT2D eigenvalue weighted by Gasteiger charge is -2.13. The number of fused-ring (bicyclic) bond motifs is 1. The molecule has 1 atom stereocenters. The largest absolute Gasteiger partial charge is 0.480 e. The Morgan fingerprint density at radius 2 is 2.00 bits per heavy atom. The molecular weight excluding hydrogens is 280 g/mol. The quantitative estimate of drug-likeness (QED) is 0.861. The summed E-state index contributed by atoms with van der Waals surface area (Å²) in [5.74, 6) is -1.37. The lowest BCUT2D eigenvalue weighted by atomic mass is 10.1. The van der Waals surface area contributed by atoms with E-state index in [1.54, 1.807) is 0 Å². The Morgan fingerprint density at radius 3 is 2.64 bits per heavy atom. The molecule has 0 aliphatic rings. The Morgan fingerprint density at radius 1 is 1.32 bits per heavy atom. The Kier molecular flexibility index (Phi) is 4.85. The minimum absolute atomic E-state index is 0.334. The molecule has 0 saturated carbocycles. The highest BCUT2D eigenvalue weighted by molar-refractivity contribution is 6.02. The van der Waals surface area contributed by atoms with Crippen LogP contribution < -0.4 is 5.32 Å². The maximum absolute atomic E-state index is 12.5. The van der Waals surface area contributed by atoms with Crippen molar-refractivity contribution in [2.75, 3.05) is 0 Å². The van der Waals surface area contributed by atoms with Crippen LogP contribution in [-0.2, 0) is 11.3 Å². The zero-order valence-corrected chi connectivity index (χ0v) is 13.2. The van der Waals surface area contributed by atoms with Crippen molar-refractivity contribution in [1.29, 1.82) is 0 Å². The first-order valence-corrected chi connectivity index (χ1v) is 7.58. The SMILES string of the molecule is CCCCn1c(C(=O)NC(C)C(=O)O)c(C)c2ccccc21. The number of carboxylic acid groups (broad SMARTS) is 1. The van der Waals surface area contributed by atoms with Crippen LogP contribution >= 0.6 is 0 Å². The number of nitrogens with one attached hydrogen (secondary N) is 1. The molecule has 0 aliphatic carbocycles. The Labute approximate surface area is 129 Å². The number of aryl methyl sites for hydroxylation is 2. The second kappa shape index (κ2) is 6.64. The van der Waals surface area contributed by atoms with Gasteiger partial charge in [0.25, 0.3) is 5.91 Å². The van der Waals surface area contributed by atoms with E-state index in [9.17, 15) is 9.59 Å². The number of rotatable bonds is 6. The van der Waals surface area contributed by atoms with Gasteiger partial charge in [-0.15, -0.1) is 0 Å². The molecule has 0 radical (unpaired) electrons. The number of para-hydroxylation sites is 1. The van der Waals surface area contributed by atoms with Crippen molar-refractivity contribution >= 4 is 22.8 Å². The first kappa shape index (κ1) is 16.1. The summed E-state index contributed by atoms with van der Waals surface area (Å²) in [4.78, 5) is 23.5. The van der Waals surface area contributed by atoms with Crippen LogP contribution in [0.3, 0.4) is 0 Å². The molecule has 22 heavy (non-hydrogen) atoms. The molecule has 1 heterocycles. The van der Waals surface area contributed by atoms with Crippen LogP contribution in [0.2, 0.25) is 0 Å². The highest BCUT2D eigenvalue weighted by atomic mass is 16.4. The van der Waals surface area contributed by atoms with Gasteiger partial charge in [0.15, 0.2) is 0 Å². The third-order valence-electron chi connectivity index (χ3n) is 3.89. The molecule has 118 valence electrons. The zero-order chi connectivity index (χ0) is 16.3.